The molecule has 3 unspecified atom stereocenters. The molecule has 138 valence electrons. The second-order valence-corrected chi connectivity index (χ2v) is 6.31. The maximum atomic E-state index is 13.3. The zero-order valence-corrected chi connectivity index (χ0v) is 14.2. The minimum Gasteiger partial charge on any atom is -0.497 e. The van der Waals surface area contributed by atoms with E-state index in [1.807, 2.05) is 0 Å². The van der Waals surface area contributed by atoms with Gasteiger partial charge in [0.2, 0.25) is 0 Å². The molecule has 0 radical (unpaired) electrons. The summed E-state index contributed by atoms with van der Waals surface area (Å²) in [7, 11) is 2.94. The summed E-state index contributed by atoms with van der Waals surface area (Å²) in [5, 5.41) is 6.22. The standard InChI is InChI=1S/C17H22F3N3O2/c1-21-16(23-14-8-12-5-6-15(14)25-12)22-9-10-3-4-11(24-2)7-13(10)17(18,19)20/h3-4,7,12,14-15H,5-6,8-9H2,1-2H3,(H2,21,22,23). The van der Waals surface area contributed by atoms with Crippen LogP contribution in [0.5, 0.6) is 5.75 Å². The Hall–Kier alpha value is -1.96. The Morgan fingerprint density at radius 2 is 2.16 bits per heavy atom. The van der Waals surface area contributed by atoms with Gasteiger partial charge >= 0.3 is 6.18 Å². The van der Waals surface area contributed by atoms with Crippen LogP contribution in [0.3, 0.4) is 0 Å². The van der Waals surface area contributed by atoms with Crippen molar-refractivity contribution in [3.63, 3.8) is 0 Å². The summed E-state index contributed by atoms with van der Waals surface area (Å²) in [6, 6.07) is 4.11. The molecule has 8 heteroatoms. The molecule has 25 heavy (non-hydrogen) atoms. The first kappa shape index (κ1) is 17.8. The summed E-state index contributed by atoms with van der Waals surface area (Å²) < 4.78 is 50.4. The number of hydrogen-bond donors (Lipinski definition) is 2. The van der Waals surface area contributed by atoms with Crippen LogP contribution >= 0.6 is 0 Å². The number of benzene rings is 1. The first-order valence-corrected chi connectivity index (χ1v) is 8.27. The van der Waals surface area contributed by atoms with Gasteiger partial charge in [0.15, 0.2) is 5.96 Å². The Morgan fingerprint density at radius 3 is 2.72 bits per heavy atom. The number of fused-ring (bicyclic) bond motifs is 2. The molecule has 5 nitrogen and oxygen atoms in total. The maximum absolute atomic E-state index is 13.3. The van der Waals surface area contributed by atoms with Crippen molar-refractivity contribution in [3.05, 3.63) is 29.3 Å². The van der Waals surface area contributed by atoms with Crippen LogP contribution in [-0.2, 0) is 17.5 Å². The zero-order valence-electron chi connectivity index (χ0n) is 14.2. The molecule has 0 spiro atoms. The van der Waals surface area contributed by atoms with Gasteiger partial charge in [0, 0.05) is 13.6 Å². The molecular formula is C17H22F3N3O2. The SMILES string of the molecule is CN=C(NCc1ccc(OC)cc1C(F)(F)F)NC1CC2CCC1O2. The molecule has 2 aliphatic heterocycles. The van der Waals surface area contributed by atoms with Crippen molar-refractivity contribution in [2.75, 3.05) is 14.2 Å². The fourth-order valence-electron chi connectivity index (χ4n) is 3.44. The monoisotopic (exact) mass is 357 g/mol. The van der Waals surface area contributed by atoms with Gasteiger partial charge in [-0.15, -0.1) is 0 Å². The highest BCUT2D eigenvalue weighted by molar-refractivity contribution is 5.80. The minimum absolute atomic E-state index is 0.0141. The predicted octanol–water partition coefficient (Wildman–Crippen LogP) is 2.70. The number of halogens is 3. The van der Waals surface area contributed by atoms with Gasteiger partial charge in [0.1, 0.15) is 5.75 Å². The average Bonchev–Trinajstić information content (AvgIpc) is 3.20. The van der Waals surface area contributed by atoms with Crippen LogP contribution in [-0.4, -0.2) is 38.4 Å². The molecule has 0 aliphatic carbocycles. The van der Waals surface area contributed by atoms with Gasteiger partial charge in [-0.05, 0) is 37.0 Å². The molecule has 0 amide bonds. The molecule has 3 atom stereocenters. The van der Waals surface area contributed by atoms with Gasteiger partial charge in [0.25, 0.3) is 0 Å². The Bertz CT molecular complexity index is 649. The number of alkyl halides is 3. The van der Waals surface area contributed by atoms with E-state index in [1.165, 1.54) is 19.2 Å². The third-order valence-corrected chi connectivity index (χ3v) is 4.72. The van der Waals surface area contributed by atoms with Gasteiger partial charge in [-0.1, -0.05) is 6.07 Å². The maximum Gasteiger partial charge on any atom is 0.416 e. The first-order chi connectivity index (χ1) is 11.9. The molecule has 0 saturated carbocycles. The lowest BCUT2D eigenvalue weighted by Gasteiger charge is -2.23. The van der Waals surface area contributed by atoms with E-state index in [9.17, 15) is 13.2 Å². The molecule has 2 fully saturated rings. The zero-order chi connectivity index (χ0) is 18.0. The molecule has 2 saturated heterocycles. The van der Waals surface area contributed by atoms with Gasteiger partial charge in [0.05, 0.1) is 30.9 Å². The lowest BCUT2D eigenvalue weighted by molar-refractivity contribution is -0.138. The predicted molar refractivity (Wildman–Crippen MR) is 87.6 cm³/mol. The number of aliphatic imine (C=N–C) groups is 1. The van der Waals surface area contributed by atoms with E-state index in [1.54, 1.807) is 7.05 Å². The first-order valence-electron chi connectivity index (χ1n) is 8.27. The van der Waals surface area contributed by atoms with Crippen molar-refractivity contribution >= 4 is 5.96 Å². The van der Waals surface area contributed by atoms with E-state index >= 15 is 0 Å². The van der Waals surface area contributed by atoms with Crippen LogP contribution in [0.4, 0.5) is 13.2 Å². The smallest absolute Gasteiger partial charge is 0.416 e. The Labute approximate surface area is 144 Å². The molecule has 0 aromatic heterocycles. The van der Waals surface area contributed by atoms with Crippen LogP contribution in [0.15, 0.2) is 23.2 Å². The molecule has 2 heterocycles. The second kappa shape index (κ2) is 7.11. The average molecular weight is 357 g/mol. The lowest BCUT2D eigenvalue weighted by atomic mass is 9.96. The fourth-order valence-corrected chi connectivity index (χ4v) is 3.44. The van der Waals surface area contributed by atoms with E-state index in [0.717, 1.165) is 25.3 Å². The molecule has 1 aromatic carbocycles. The van der Waals surface area contributed by atoms with Crippen LogP contribution < -0.4 is 15.4 Å². The van der Waals surface area contributed by atoms with E-state index < -0.39 is 11.7 Å². The number of nitrogens with zero attached hydrogens (tertiary/aromatic N) is 1. The molecule has 2 bridgehead atoms. The Balaban J connectivity index is 1.65. The number of ether oxygens (including phenoxy) is 2. The number of methoxy groups -OCH3 is 1. The molecular weight excluding hydrogens is 335 g/mol. The molecule has 1 aromatic rings. The topological polar surface area (TPSA) is 54.9 Å². The second-order valence-electron chi connectivity index (χ2n) is 6.31. The van der Waals surface area contributed by atoms with E-state index in [2.05, 4.69) is 15.6 Å². The van der Waals surface area contributed by atoms with Gasteiger partial charge in [-0.3, -0.25) is 4.99 Å². The van der Waals surface area contributed by atoms with Crippen LogP contribution in [0.2, 0.25) is 0 Å². The molecule has 2 aliphatic rings. The Kier molecular flexibility index (Phi) is 5.08. The highest BCUT2D eigenvalue weighted by Crippen LogP contribution is 2.35. The quantitative estimate of drug-likeness (QED) is 0.643. The van der Waals surface area contributed by atoms with E-state index in [-0.39, 0.29) is 30.0 Å². The van der Waals surface area contributed by atoms with Crippen LogP contribution in [0, 0.1) is 0 Å². The van der Waals surface area contributed by atoms with Gasteiger partial charge in [-0.25, -0.2) is 0 Å². The highest BCUT2D eigenvalue weighted by Gasteiger charge is 2.41. The Morgan fingerprint density at radius 1 is 1.36 bits per heavy atom. The van der Waals surface area contributed by atoms with Crippen LogP contribution in [0.1, 0.15) is 30.4 Å². The minimum atomic E-state index is -4.44. The van der Waals surface area contributed by atoms with Crippen molar-refractivity contribution in [3.8, 4) is 5.75 Å². The van der Waals surface area contributed by atoms with Crippen molar-refractivity contribution in [2.45, 2.75) is 50.2 Å². The normalized spacial score (nSPS) is 26.0. The fraction of sp³-hybridized carbons (Fsp3) is 0.588. The number of hydrogen-bond acceptors (Lipinski definition) is 3. The summed E-state index contributed by atoms with van der Waals surface area (Å²) in [5.41, 5.74) is -0.571. The van der Waals surface area contributed by atoms with Crippen LogP contribution in [0.25, 0.3) is 0 Å². The molecule has 2 N–H and O–H groups in total. The van der Waals surface area contributed by atoms with Crippen molar-refractivity contribution in [1.82, 2.24) is 10.6 Å². The molecule has 3 rings (SSSR count). The summed E-state index contributed by atoms with van der Waals surface area (Å²) in [5.74, 6) is 0.655. The number of rotatable bonds is 4. The third kappa shape index (κ3) is 4.00. The van der Waals surface area contributed by atoms with Gasteiger partial charge in [-0.2, -0.15) is 13.2 Å². The third-order valence-electron chi connectivity index (χ3n) is 4.72. The van der Waals surface area contributed by atoms with Crippen molar-refractivity contribution < 1.29 is 22.6 Å². The van der Waals surface area contributed by atoms with Crippen molar-refractivity contribution in [2.24, 2.45) is 4.99 Å². The summed E-state index contributed by atoms with van der Waals surface area (Å²) in [6.45, 7) is 0.0141. The summed E-state index contributed by atoms with van der Waals surface area (Å²) in [4.78, 5) is 4.11. The number of nitrogens with one attached hydrogen (secondary N) is 2. The van der Waals surface area contributed by atoms with E-state index in [0.29, 0.717) is 12.1 Å². The summed E-state index contributed by atoms with van der Waals surface area (Å²) >= 11 is 0. The highest BCUT2D eigenvalue weighted by atomic mass is 19.4. The number of guanidine groups is 1. The lowest BCUT2D eigenvalue weighted by Crippen LogP contribution is -2.47. The largest absolute Gasteiger partial charge is 0.497 e. The van der Waals surface area contributed by atoms with E-state index in [4.69, 9.17) is 9.47 Å². The summed E-state index contributed by atoms with van der Waals surface area (Å²) in [6.07, 6.45) is -0.997. The van der Waals surface area contributed by atoms with Crippen molar-refractivity contribution in [1.29, 1.82) is 0 Å². The van der Waals surface area contributed by atoms with Gasteiger partial charge < -0.3 is 20.1 Å².